The van der Waals surface area contributed by atoms with Crippen LogP contribution in [0.3, 0.4) is 0 Å². The van der Waals surface area contributed by atoms with Crippen LogP contribution < -0.4 is 10.5 Å². The minimum absolute atomic E-state index is 0.215. The molecule has 0 saturated carbocycles. The molecule has 2 nitrogen and oxygen atoms in total. The van der Waals surface area contributed by atoms with Crippen LogP contribution in [-0.4, -0.2) is 6.61 Å². The summed E-state index contributed by atoms with van der Waals surface area (Å²) in [5, 5.41) is 0. The minimum atomic E-state index is 0.215. The third kappa shape index (κ3) is 4.24. The Morgan fingerprint density at radius 3 is 2.65 bits per heavy atom. The molecule has 0 aromatic heterocycles. The van der Waals surface area contributed by atoms with Crippen LogP contribution in [0.2, 0.25) is 0 Å². The van der Waals surface area contributed by atoms with E-state index in [1.807, 2.05) is 0 Å². The molecule has 20 heavy (non-hydrogen) atoms. The Kier molecular flexibility index (Phi) is 6.38. The van der Waals surface area contributed by atoms with Crippen LogP contribution in [-0.2, 0) is 6.42 Å². The molecule has 2 heteroatoms. The van der Waals surface area contributed by atoms with Crippen molar-refractivity contribution in [2.75, 3.05) is 6.61 Å². The van der Waals surface area contributed by atoms with E-state index in [-0.39, 0.29) is 6.04 Å². The molecular weight excluding hydrogens is 246 g/mol. The second-order valence-electron chi connectivity index (χ2n) is 5.94. The average Bonchev–Trinajstić information content (AvgIpc) is 2.84. The minimum Gasteiger partial charge on any atom is -0.493 e. The van der Waals surface area contributed by atoms with Crippen molar-refractivity contribution in [1.82, 2.24) is 0 Å². The normalized spacial score (nSPS) is 17.2. The van der Waals surface area contributed by atoms with E-state index in [1.54, 1.807) is 0 Å². The average molecular weight is 275 g/mol. The lowest BCUT2D eigenvalue weighted by Gasteiger charge is -2.11. The van der Waals surface area contributed by atoms with Crippen molar-refractivity contribution >= 4 is 0 Å². The molecule has 0 aliphatic heterocycles. The first-order valence-corrected chi connectivity index (χ1v) is 8.33. The lowest BCUT2D eigenvalue weighted by molar-refractivity contribution is 0.301. The maximum Gasteiger partial charge on any atom is 0.122 e. The van der Waals surface area contributed by atoms with Crippen LogP contribution in [0.15, 0.2) is 18.2 Å². The summed E-state index contributed by atoms with van der Waals surface area (Å²) in [6, 6.07) is 6.53. The van der Waals surface area contributed by atoms with Gasteiger partial charge in [0.15, 0.2) is 0 Å². The van der Waals surface area contributed by atoms with E-state index in [2.05, 4.69) is 25.1 Å². The van der Waals surface area contributed by atoms with E-state index in [0.717, 1.165) is 25.2 Å². The summed E-state index contributed by atoms with van der Waals surface area (Å²) in [7, 11) is 0. The number of benzene rings is 1. The van der Waals surface area contributed by atoms with Gasteiger partial charge in [0.25, 0.3) is 0 Å². The summed E-state index contributed by atoms with van der Waals surface area (Å²) < 4.78 is 5.97. The van der Waals surface area contributed by atoms with E-state index >= 15 is 0 Å². The molecule has 0 saturated heterocycles. The first-order chi connectivity index (χ1) is 9.83. The van der Waals surface area contributed by atoms with Gasteiger partial charge in [0.05, 0.1) is 6.61 Å². The fourth-order valence-corrected chi connectivity index (χ4v) is 3.03. The highest BCUT2D eigenvalue weighted by Gasteiger charge is 2.21. The van der Waals surface area contributed by atoms with Crippen LogP contribution in [0, 0.1) is 0 Å². The molecule has 1 aromatic rings. The lowest BCUT2D eigenvalue weighted by atomic mass is 10.1. The SMILES string of the molecule is CCCCCCCCCOc1cccc2c1CCC2N. The van der Waals surface area contributed by atoms with Crippen LogP contribution in [0.25, 0.3) is 0 Å². The van der Waals surface area contributed by atoms with E-state index in [0.29, 0.717) is 0 Å². The van der Waals surface area contributed by atoms with Crippen LogP contribution in [0.1, 0.15) is 75.5 Å². The predicted molar refractivity (Wildman–Crippen MR) is 85.2 cm³/mol. The zero-order chi connectivity index (χ0) is 14.2. The standard InChI is InChI=1S/C18H29NO/c1-2-3-4-5-6-7-8-14-20-18-11-9-10-15-16(18)12-13-17(15)19/h9-11,17H,2-8,12-14,19H2,1H3. The molecule has 0 heterocycles. The van der Waals surface area contributed by atoms with Crippen molar-refractivity contribution in [3.05, 3.63) is 29.3 Å². The lowest BCUT2D eigenvalue weighted by Crippen LogP contribution is -2.05. The number of nitrogens with two attached hydrogens (primary N) is 1. The van der Waals surface area contributed by atoms with Gasteiger partial charge in [-0.25, -0.2) is 0 Å². The number of hydrogen-bond donors (Lipinski definition) is 1. The molecule has 2 rings (SSSR count). The Balaban J connectivity index is 1.65. The predicted octanol–water partition coefficient (Wildman–Crippen LogP) is 4.76. The summed E-state index contributed by atoms with van der Waals surface area (Å²) in [6.45, 7) is 3.11. The van der Waals surface area contributed by atoms with Crippen molar-refractivity contribution in [3.8, 4) is 5.75 Å². The Morgan fingerprint density at radius 1 is 1.10 bits per heavy atom. The van der Waals surface area contributed by atoms with Gasteiger partial charge < -0.3 is 10.5 Å². The van der Waals surface area contributed by atoms with Gasteiger partial charge >= 0.3 is 0 Å². The summed E-state index contributed by atoms with van der Waals surface area (Å²) >= 11 is 0. The zero-order valence-corrected chi connectivity index (χ0v) is 12.9. The van der Waals surface area contributed by atoms with Gasteiger partial charge in [-0.05, 0) is 36.5 Å². The molecule has 1 aliphatic carbocycles. The Morgan fingerprint density at radius 2 is 1.85 bits per heavy atom. The monoisotopic (exact) mass is 275 g/mol. The Hall–Kier alpha value is -1.02. The fraction of sp³-hybridized carbons (Fsp3) is 0.667. The maximum atomic E-state index is 6.09. The van der Waals surface area contributed by atoms with Crippen molar-refractivity contribution in [2.24, 2.45) is 5.73 Å². The molecular formula is C18H29NO. The van der Waals surface area contributed by atoms with Gasteiger partial charge in [-0.3, -0.25) is 0 Å². The molecule has 0 fully saturated rings. The Labute approximate surface area is 123 Å². The zero-order valence-electron chi connectivity index (χ0n) is 12.9. The largest absolute Gasteiger partial charge is 0.493 e. The summed E-state index contributed by atoms with van der Waals surface area (Å²) in [6.07, 6.45) is 11.4. The highest BCUT2D eigenvalue weighted by Crippen LogP contribution is 2.35. The molecule has 1 aromatic carbocycles. The highest BCUT2D eigenvalue weighted by atomic mass is 16.5. The third-order valence-corrected chi connectivity index (χ3v) is 4.28. The maximum absolute atomic E-state index is 6.09. The summed E-state index contributed by atoms with van der Waals surface area (Å²) in [5.74, 6) is 1.07. The number of unbranched alkanes of at least 4 members (excludes halogenated alkanes) is 6. The first-order valence-electron chi connectivity index (χ1n) is 8.33. The third-order valence-electron chi connectivity index (χ3n) is 4.28. The molecule has 1 atom stereocenters. The molecule has 1 aliphatic rings. The van der Waals surface area contributed by atoms with Gasteiger partial charge in [-0.15, -0.1) is 0 Å². The highest BCUT2D eigenvalue weighted by molar-refractivity contribution is 5.44. The van der Waals surface area contributed by atoms with Crippen molar-refractivity contribution < 1.29 is 4.74 Å². The second-order valence-corrected chi connectivity index (χ2v) is 5.94. The van der Waals surface area contributed by atoms with Crippen LogP contribution in [0.5, 0.6) is 5.75 Å². The van der Waals surface area contributed by atoms with E-state index in [1.165, 1.54) is 56.1 Å². The molecule has 2 N–H and O–H groups in total. The number of ether oxygens (including phenoxy) is 1. The van der Waals surface area contributed by atoms with Gasteiger partial charge in [-0.1, -0.05) is 57.6 Å². The van der Waals surface area contributed by atoms with Crippen LogP contribution in [0.4, 0.5) is 0 Å². The molecule has 112 valence electrons. The first kappa shape index (κ1) is 15.4. The molecule has 1 unspecified atom stereocenters. The van der Waals surface area contributed by atoms with E-state index < -0.39 is 0 Å². The smallest absolute Gasteiger partial charge is 0.122 e. The molecule has 0 bridgehead atoms. The second kappa shape index (κ2) is 8.31. The van der Waals surface area contributed by atoms with Gasteiger partial charge in [0, 0.05) is 6.04 Å². The molecule has 0 spiro atoms. The number of rotatable bonds is 9. The fourth-order valence-electron chi connectivity index (χ4n) is 3.03. The van der Waals surface area contributed by atoms with Crippen molar-refractivity contribution in [2.45, 2.75) is 70.8 Å². The summed E-state index contributed by atoms with van der Waals surface area (Å²) in [5.41, 5.74) is 8.74. The molecule has 0 radical (unpaired) electrons. The topological polar surface area (TPSA) is 35.2 Å². The number of hydrogen-bond acceptors (Lipinski definition) is 2. The Bertz CT molecular complexity index is 402. The van der Waals surface area contributed by atoms with Gasteiger partial charge in [0.2, 0.25) is 0 Å². The van der Waals surface area contributed by atoms with Gasteiger partial charge in [-0.2, -0.15) is 0 Å². The van der Waals surface area contributed by atoms with Crippen molar-refractivity contribution in [3.63, 3.8) is 0 Å². The van der Waals surface area contributed by atoms with Gasteiger partial charge in [0.1, 0.15) is 5.75 Å². The van der Waals surface area contributed by atoms with E-state index in [9.17, 15) is 0 Å². The quantitative estimate of drug-likeness (QED) is 0.659. The van der Waals surface area contributed by atoms with Crippen LogP contribution >= 0.6 is 0 Å². The summed E-state index contributed by atoms with van der Waals surface area (Å²) in [4.78, 5) is 0. The van der Waals surface area contributed by atoms with Crippen molar-refractivity contribution in [1.29, 1.82) is 0 Å². The van der Waals surface area contributed by atoms with E-state index in [4.69, 9.17) is 10.5 Å². The molecule has 0 amide bonds. The number of fused-ring (bicyclic) bond motifs is 1.